The first-order chi connectivity index (χ1) is 0. The number of rotatable bonds is 0. The molecule has 0 N–H and O–H groups in total. The molecule has 0 unspecified atom stereocenters. The predicted octanol–water partition coefficient (Wildman–Crippen LogP) is -0.0125. The molecule has 0 aliphatic carbocycles. The monoisotopic (exact) mass is 398 g/mol. The smallest absolute Gasteiger partial charge is 0 e. The third kappa shape index (κ3) is 18.8. The van der Waals surface area contributed by atoms with Crippen molar-refractivity contribution in [2.75, 3.05) is 0 Å². The molecule has 5 heavy (non-hydrogen) atoms. The molecule has 0 heterocycles. The summed E-state index contributed by atoms with van der Waals surface area (Å²) in [7, 11) is 0. The first-order valence-corrected chi connectivity index (χ1v) is 0. The van der Waals surface area contributed by atoms with Crippen molar-refractivity contribution >= 4 is 0 Å². The summed E-state index contributed by atoms with van der Waals surface area (Å²) in [6.07, 6.45) is 0. The van der Waals surface area contributed by atoms with Crippen molar-refractivity contribution in [3.8, 4) is 0 Å². The first kappa shape index (κ1) is 40.5. The number of hydrogen-bond acceptors (Lipinski definition) is 0. The molecule has 0 aliphatic rings. The molecule has 0 nitrogen and oxygen atoms in total. The SMILES string of the molecule is [Co].[Mo].[Nb].[Ni].[Zr]. The molecule has 0 aromatic heterocycles. The Kier molecular flexibility index (Phi) is 215. The minimum atomic E-state index is 0. The van der Waals surface area contributed by atoms with E-state index in [1.54, 1.807) is 0 Å². The van der Waals surface area contributed by atoms with Crippen LogP contribution in [0.15, 0.2) is 0 Å². The van der Waals surface area contributed by atoms with Gasteiger partial charge in [-0.15, -0.1) is 0 Å². The molecule has 0 amide bonds. The fourth-order valence-corrected chi connectivity index (χ4v) is 0. The molecule has 0 saturated carbocycles. The molecular weight excluding hydrogens is 398 g/mol. The van der Waals surface area contributed by atoms with E-state index >= 15 is 0 Å². The molecule has 0 aromatic rings. The van der Waals surface area contributed by atoms with E-state index in [-0.39, 0.29) is 103 Å². The van der Waals surface area contributed by atoms with Gasteiger partial charge in [0.05, 0.1) is 0 Å². The van der Waals surface area contributed by atoms with Crippen LogP contribution in [0.3, 0.4) is 0 Å². The quantitative estimate of drug-likeness (QED) is 0.504. The standard InChI is InChI=1S/Co.Mo.Nb.Ni.Zr. The van der Waals surface area contributed by atoms with Crippen LogP contribution in [0.5, 0.6) is 0 Å². The van der Waals surface area contributed by atoms with Crippen LogP contribution in [-0.2, 0) is 103 Å². The minimum Gasteiger partial charge on any atom is 0 e. The molecule has 34 valence electrons. The molecule has 0 saturated heterocycles. The second-order valence-corrected chi connectivity index (χ2v) is 0. The Hall–Kier alpha value is 3.31. The molecule has 0 fully saturated rings. The van der Waals surface area contributed by atoms with Gasteiger partial charge in [0, 0.05) is 103 Å². The fraction of sp³-hybridized carbons (Fsp3) is 0. The van der Waals surface area contributed by atoms with E-state index in [2.05, 4.69) is 0 Å². The number of hydrogen-bond donors (Lipinski definition) is 0. The van der Waals surface area contributed by atoms with E-state index in [4.69, 9.17) is 0 Å². The van der Waals surface area contributed by atoms with Crippen LogP contribution in [0, 0.1) is 0 Å². The van der Waals surface area contributed by atoms with Gasteiger partial charge in [0.2, 0.25) is 0 Å². The summed E-state index contributed by atoms with van der Waals surface area (Å²) in [4.78, 5) is 0. The first-order valence-electron chi connectivity index (χ1n) is 0. The molecule has 5 heteroatoms. The van der Waals surface area contributed by atoms with Gasteiger partial charge < -0.3 is 0 Å². The topological polar surface area (TPSA) is 0 Å². The van der Waals surface area contributed by atoms with Crippen molar-refractivity contribution in [2.45, 2.75) is 0 Å². The minimum absolute atomic E-state index is 0. The predicted molar refractivity (Wildman–Crippen MR) is 0 cm³/mol. The van der Waals surface area contributed by atoms with E-state index < -0.39 is 0 Å². The summed E-state index contributed by atoms with van der Waals surface area (Å²) < 4.78 is 0. The normalized spacial score (nSPS) is 0. The van der Waals surface area contributed by atoms with Gasteiger partial charge in [-0.3, -0.25) is 0 Å². The van der Waals surface area contributed by atoms with Crippen LogP contribution in [0.1, 0.15) is 0 Å². The summed E-state index contributed by atoms with van der Waals surface area (Å²) in [5.41, 5.74) is 0. The van der Waals surface area contributed by atoms with Crippen LogP contribution < -0.4 is 0 Å². The van der Waals surface area contributed by atoms with Crippen molar-refractivity contribution in [1.29, 1.82) is 0 Å². The zero-order chi connectivity index (χ0) is 0. The molecular formula is CoMoNbNiZr. The van der Waals surface area contributed by atoms with Crippen LogP contribution in [0.25, 0.3) is 0 Å². The molecule has 0 spiro atoms. The Balaban J connectivity index is 0. The fourth-order valence-electron chi connectivity index (χ4n) is 0. The molecule has 0 atom stereocenters. The van der Waals surface area contributed by atoms with Gasteiger partial charge in [0.1, 0.15) is 0 Å². The van der Waals surface area contributed by atoms with Gasteiger partial charge in [-0.1, -0.05) is 0 Å². The van der Waals surface area contributed by atoms with E-state index in [9.17, 15) is 0 Å². The largest absolute Gasteiger partial charge is 0 e. The van der Waals surface area contributed by atoms with Gasteiger partial charge in [0.25, 0.3) is 0 Å². The average molecular weight is 398 g/mol. The van der Waals surface area contributed by atoms with Crippen LogP contribution in [0.2, 0.25) is 0 Å². The second kappa shape index (κ2) is 26.6. The van der Waals surface area contributed by atoms with Crippen molar-refractivity contribution in [1.82, 2.24) is 0 Å². The Morgan fingerprint density at radius 2 is 1.00 bits per heavy atom. The van der Waals surface area contributed by atoms with Gasteiger partial charge in [-0.2, -0.15) is 0 Å². The van der Waals surface area contributed by atoms with Crippen LogP contribution in [0.4, 0.5) is 0 Å². The molecule has 0 aromatic carbocycles. The van der Waals surface area contributed by atoms with Gasteiger partial charge in [-0.25, -0.2) is 0 Å². The van der Waals surface area contributed by atoms with Gasteiger partial charge in [-0.05, 0) is 0 Å². The summed E-state index contributed by atoms with van der Waals surface area (Å²) in [6, 6.07) is 0. The summed E-state index contributed by atoms with van der Waals surface area (Å²) in [5.74, 6) is 0. The van der Waals surface area contributed by atoms with Gasteiger partial charge >= 0.3 is 0 Å². The Labute approximate surface area is 101 Å². The van der Waals surface area contributed by atoms with E-state index in [0.29, 0.717) is 0 Å². The molecule has 0 bridgehead atoms. The third-order valence-corrected chi connectivity index (χ3v) is 0. The summed E-state index contributed by atoms with van der Waals surface area (Å²) >= 11 is 0. The van der Waals surface area contributed by atoms with E-state index in [1.807, 2.05) is 0 Å². The van der Waals surface area contributed by atoms with Crippen molar-refractivity contribution in [2.24, 2.45) is 0 Å². The third-order valence-electron chi connectivity index (χ3n) is 0. The zero-order valence-corrected chi connectivity index (χ0v) is 10.7. The van der Waals surface area contributed by atoms with Crippen molar-refractivity contribution in [3.05, 3.63) is 0 Å². The maximum absolute atomic E-state index is 0. The Bertz CT molecular complexity index is 11.6. The zero-order valence-electron chi connectivity index (χ0n) is 2.01. The molecule has 0 aliphatic heterocycles. The molecule has 2 radical (unpaired) electrons. The van der Waals surface area contributed by atoms with Gasteiger partial charge in [0.15, 0.2) is 0 Å². The van der Waals surface area contributed by atoms with Crippen LogP contribution in [-0.4, -0.2) is 0 Å². The van der Waals surface area contributed by atoms with Crippen molar-refractivity contribution in [3.63, 3.8) is 0 Å². The maximum atomic E-state index is 0. The Morgan fingerprint density at radius 3 is 1.00 bits per heavy atom. The summed E-state index contributed by atoms with van der Waals surface area (Å²) in [5, 5.41) is 0. The van der Waals surface area contributed by atoms with Crippen LogP contribution >= 0.6 is 0 Å². The van der Waals surface area contributed by atoms with E-state index in [1.165, 1.54) is 0 Å². The Morgan fingerprint density at radius 1 is 1.00 bits per heavy atom. The average Bonchev–Trinajstić information content (AvgIpc) is 0. The second-order valence-electron chi connectivity index (χ2n) is 0. The maximum Gasteiger partial charge on any atom is 0 e. The van der Waals surface area contributed by atoms with Crippen molar-refractivity contribution < 1.29 is 103 Å². The summed E-state index contributed by atoms with van der Waals surface area (Å²) in [6.45, 7) is 0. The molecule has 0 rings (SSSR count). The van der Waals surface area contributed by atoms with E-state index in [0.717, 1.165) is 0 Å².